The third-order valence-electron chi connectivity index (χ3n) is 4.43. The van der Waals surface area contributed by atoms with Gasteiger partial charge in [0, 0.05) is 0 Å². The van der Waals surface area contributed by atoms with Crippen LogP contribution in [0.3, 0.4) is 0 Å². The molecule has 1 aliphatic heterocycles. The molecule has 0 aromatic heterocycles. The van der Waals surface area contributed by atoms with E-state index >= 15 is 0 Å². The maximum Gasteiger partial charge on any atom is 0.305 e. The molecule has 1 aliphatic carbocycles. The summed E-state index contributed by atoms with van der Waals surface area (Å²) >= 11 is 0. The number of rotatable bonds is 5. The van der Waals surface area contributed by atoms with Gasteiger partial charge in [0.25, 0.3) is 0 Å². The summed E-state index contributed by atoms with van der Waals surface area (Å²) in [7, 11) is 0. The molecular formula is C17H21NO5. The van der Waals surface area contributed by atoms with Gasteiger partial charge in [-0.15, -0.1) is 0 Å². The van der Waals surface area contributed by atoms with E-state index in [2.05, 4.69) is 5.32 Å². The van der Waals surface area contributed by atoms with E-state index < -0.39 is 11.5 Å². The van der Waals surface area contributed by atoms with E-state index in [1.807, 2.05) is 12.1 Å². The van der Waals surface area contributed by atoms with Gasteiger partial charge in [0.1, 0.15) is 13.2 Å². The van der Waals surface area contributed by atoms with Crippen molar-refractivity contribution in [1.82, 2.24) is 5.32 Å². The maximum absolute atomic E-state index is 12.3. The lowest BCUT2D eigenvalue weighted by molar-refractivity contribution is -0.139. The second-order valence-electron chi connectivity index (χ2n) is 6.26. The van der Waals surface area contributed by atoms with Gasteiger partial charge in [-0.1, -0.05) is 18.9 Å². The summed E-state index contributed by atoms with van der Waals surface area (Å²) in [5, 5.41) is 12.1. The van der Waals surface area contributed by atoms with Crippen molar-refractivity contribution < 1.29 is 24.2 Å². The average molecular weight is 319 g/mol. The monoisotopic (exact) mass is 319 g/mol. The first-order valence-corrected chi connectivity index (χ1v) is 7.98. The number of hydrogen-bond acceptors (Lipinski definition) is 4. The van der Waals surface area contributed by atoms with Gasteiger partial charge < -0.3 is 19.9 Å². The van der Waals surface area contributed by atoms with Gasteiger partial charge in [-0.3, -0.25) is 9.59 Å². The summed E-state index contributed by atoms with van der Waals surface area (Å²) in [6.45, 7) is 1.04. The van der Waals surface area contributed by atoms with E-state index in [0.717, 1.165) is 31.2 Å². The number of fused-ring (bicyclic) bond motifs is 1. The van der Waals surface area contributed by atoms with E-state index in [4.69, 9.17) is 14.6 Å². The second kappa shape index (κ2) is 6.48. The van der Waals surface area contributed by atoms with Crippen molar-refractivity contribution in [3.05, 3.63) is 23.8 Å². The minimum absolute atomic E-state index is 0.0140. The Balaban J connectivity index is 1.65. The van der Waals surface area contributed by atoms with Crippen LogP contribution in [0.5, 0.6) is 11.5 Å². The molecule has 2 aliphatic rings. The van der Waals surface area contributed by atoms with E-state index in [9.17, 15) is 9.59 Å². The number of carbonyl (C=O) groups is 2. The van der Waals surface area contributed by atoms with Gasteiger partial charge in [-0.2, -0.15) is 0 Å². The van der Waals surface area contributed by atoms with Gasteiger partial charge >= 0.3 is 5.97 Å². The van der Waals surface area contributed by atoms with Crippen molar-refractivity contribution in [2.24, 2.45) is 0 Å². The molecule has 6 heteroatoms. The van der Waals surface area contributed by atoms with Crippen LogP contribution in [0.1, 0.15) is 37.7 Å². The van der Waals surface area contributed by atoms with Gasteiger partial charge in [-0.05, 0) is 30.5 Å². The summed E-state index contributed by atoms with van der Waals surface area (Å²) in [6.07, 6.45) is 3.56. The number of hydrogen-bond donors (Lipinski definition) is 2. The van der Waals surface area contributed by atoms with Gasteiger partial charge in [0.2, 0.25) is 5.91 Å². The zero-order valence-electron chi connectivity index (χ0n) is 13.0. The highest BCUT2D eigenvalue weighted by Gasteiger charge is 2.37. The molecule has 1 fully saturated rings. The van der Waals surface area contributed by atoms with Crippen LogP contribution >= 0.6 is 0 Å². The fourth-order valence-electron chi connectivity index (χ4n) is 3.41. The fraction of sp³-hybridized carbons (Fsp3) is 0.529. The molecule has 2 N–H and O–H groups in total. The predicted molar refractivity (Wildman–Crippen MR) is 82.7 cm³/mol. The molecule has 0 radical (unpaired) electrons. The minimum Gasteiger partial charge on any atom is -0.486 e. The lowest BCUT2D eigenvalue weighted by Gasteiger charge is -2.28. The molecule has 1 aromatic carbocycles. The number of ether oxygens (including phenoxy) is 2. The molecule has 0 unspecified atom stereocenters. The third kappa shape index (κ3) is 3.75. The molecule has 1 saturated carbocycles. The lowest BCUT2D eigenvalue weighted by Crippen LogP contribution is -2.48. The third-order valence-corrected chi connectivity index (χ3v) is 4.43. The van der Waals surface area contributed by atoms with E-state index in [1.165, 1.54) is 0 Å². The summed E-state index contributed by atoms with van der Waals surface area (Å²) < 4.78 is 11.0. The highest BCUT2D eigenvalue weighted by atomic mass is 16.6. The van der Waals surface area contributed by atoms with Crippen LogP contribution in [0.15, 0.2) is 18.2 Å². The highest BCUT2D eigenvalue weighted by molar-refractivity contribution is 5.80. The average Bonchev–Trinajstić information content (AvgIpc) is 2.94. The minimum atomic E-state index is -0.869. The van der Waals surface area contributed by atoms with Crippen molar-refractivity contribution in [2.45, 2.75) is 44.1 Å². The van der Waals surface area contributed by atoms with Crippen molar-refractivity contribution >= 4 is 11.9 Å². The quantitative estimate of drug-likeness (QED) is 0.866. The summed E-state index contributed by atoms with van der Waals surface area (Å²) in [6, 6.07) is 5.46. The SMILES string of the molecule is O=C(O)CC1(NC(=O)Cc2ccc3c(c2)OCCO3)CCCC1. The molecule has 0 spiro atoms. The Morgan fingerprint density at radius 2 is 1.83 bits per heavy atom. The molecule has 1 heterocycles. The van der Waals surface area contributed by atoms with Crippen LogP contribution in [-0.4, -0.2) is 35.7 Å². The van der Waals surface area contributed by atoms with E-state index in [0.29, 0.717) is 24.7 Å². The van der Waals surface area contributed by atoms with Crippen molar-refractivity contribution in [3.8, 4) is 11.5 Å². The highest BCUT2D eigenvalue weighted by Crippen LogP contribution is 2.33. The Morgan fingerprint density at radius 3 is 2.52 bits per heavy atom. The topological polar surface area (TPSA) is 84.9 Å². The summed E-state index contributed by atoms with van der Waals surface area (Å²) in [5.74, 6) is 0.331. The van der Waals surface area contributed by atoms with E-state index in [1.54, 1.807) is 6.07 Å². The van der Waals surface area contributed by atoms with Crippen LogP contribution in [0.25, 0.3) is 0 Å². The van der Waals surface area contributed by atoms with E-state index in [-0.39, 0.29) is 18.7 Å². The number of carboxylic acids is 1. The number of carbonyl (C=O) groups excluding carboxylic acids is 1. The van der Waals surface area contributed by atoms with Gasteiger partial charge in [0.05, 0.1) is 18.4 Å². The van der Waals surface area contributed by atoms with Gasteiger partial charge in [-0.25, -0.2) is 0 Å². The molecule has 23 heavy (non-hydrogen) atoms. The first kappa shape index (κ1) is 15.6. The van der Waals surface area contributed by atoms with Crippen LogP contribution in [0.4, 0.5) is 0 Å². The number of aliphatic carboxylic acids is 1. The molecule has 0 bridgehead atoms. The molecule has 0 saturated heterocycles. The number of carboxylic acid groups (broad SMARTS) is 1. The predicted octanol–water partition coefficient (Wildman–Crippen LogP) is 1.90. The van der Waals surface area contributed by atoms with Crippen LogP contribution in [-0.2, 0) is 16.0 Å². The lowest BCUT2D eigenvalue weighted by atomic mass is 9.92. The zero-order chi connectivity index (χ0) is 16.3. The smallest absolute Gasteiger partial charge is 0.305 e. The largest absolute Gasteiger partial charge is 0.486 e. The molecule has 124 valence electrons. The number of amides is 1. The van der Waals surface area contributed by atoms with Crippen LogP contribution in [0, 0.1) is 0 Å². The van der Waals surface area contributed by atoms with Crippen molar-refractivity contribution in [2.75, 3.05) is 13.2 Å². The molecular weight excluding hydrogens is 298 g/mol. The Labute approximate surface area is 134 Å². The van der Waals surface area contributed by atoms with Gasteiger partial charge in [0.15, 0.2) is 11.5 Å². The molecule has 0 atom stereocenters. The first-order chi connectivity index (χ1) is 11.1. The Morgan fingerprint density at radius 1 is 1.13 bits per heavy atom. The Hall–Kier alpha value is -2.24. The molecule has 1 aromatic rings. The molecule has 6 nitrogen and oxygen atoms in total. The molecule has 3 rings (SSSR count). The van der Waals surface area contributed by atoms with Crippen LogP contribution < -0.4 is 14.8 Å². The molecule has 1 amide bonds. The summed E-state index contributed by atoms with van der Waals surface area (Å²) in [4.78, 5) is 23.4. The first-order valence-electron chi connectivity index (χ1n) is 7.98. The Bertz CT molecular complexity index is 607. The maximum atomic E-state index is 12.3. The number of benzene rings is 1. The Kier molecular flexibility index (Phi) is 4.41. The van der Waals surface area contributed by atoms with Crippen LogP contribution in [0.2, 0.25) is 0 Å². The second-order valence-corrected chi connectivity index (χ2v) is 6.26. The number of nitrogens with one attached hydrogen (secondary N) is 1. The standard InChI is InChI=1S/C17H21NO5/c19-15(18-17(11-16(20)21)5-1-2-6-17)10-12-3-4-13-14(9-12)23-8-7-22-13/h3-4,9H,1-2,5-8,10-11H2,(H,18,19)(H,20,21). The normalized spacial score (nSPS) is 18.4. The van der Waals surface area contributed by atoms with Crippen molar-refractivity contribution in [1.29, 1.82) is 0 Å². The fourth-order valence-corrected chi connectivity index (χ4v) is 3.41. The summed E-state index contributed by atoms with van der Waals surface area (Å²) in [5.41, 5.74) is 0.242. The zero-order valence-corrected chi connectivity index (χ0v) is 13.0. The van der Waals surface area contributed by atoms with Crippen molar-refractivity contribution in [3.63, 3.8) is 0 Å².